The largest absolute Gasteiger partial charge is 0.445 e. The molecule has 23 heteroatoms. The van der Waals surface area contributed by atoms with Crippen LogP contribution in [0.1, 0.15) is 91.7 Å². The van der Waals surface area contributed by atoms with Gasteiger partial charge in [-0.1, -0.05) is 24.3 Å². The molecule has 70 heavy (non-hydrogen) atoms. The van der Waals surface area contributed by atoms with Crippen LogP contribution in [0.5, 0.6) is 0 Å². The van der Waals surface area contributed by atoms with E-state index >= 15 is 0 Å². The highest BCUT2D eigenvalue weighted by atomic mass is 19.4. The average Bonchev–Trinajstić information content (AvgIpc) is 3.93. The van der Waals surface area contributed by atoms with E-state index in [1.807, 2.05) is 24.3 Å². The monoisotopic (exact) mass is 1000 g/mol. The Morgan fingerprint density at radius 3 is 1.23 bits per heavy atom. The number of likely N-dealkylation sites (N-methyl/N-ethyl adjacent to an activating group) is 1. The molecule has 0 spiro atoms. The van der Waals surface area contributed by atoms with Crippen molar-refractivity contribution in [2.45, 2.75) is 75.7 Å². The molecule has 0 aromatic heterocycles. The summed E-state index contributed by atoms with van der Waals surface area (Å²) in [7, 11) is 4.36. The number of ether oxygens (including phenoxy) is 2. The van der Waals surface area contributed by atoms with Crippen LogP contribution in [-0.4, -0.2) is 60.2 Å². The van der Waals surface area contributed by atoms with Crippen LogP contribution < -0.4 is 10.8 Å². The molecule has 4 aromatic carbocycles. The number of nitrogens with zero attached hydrogens (tertiary/aromatic N) is 2. The first-order valence-electron chi connectivity index (χ1n) is 20.7. The number of amides is 4. The zero-order chi connectivity index (χ0) is 51.9. The number of hydrogen-bond acceptors (Lipinski definition) is 7. The predicted octanol–water partition coefficient (Wildman–Crippen LogP) is 11.2. The lowest BCUT2D eigenvalue weighted by molar-refractivity contribution is -0.144. The molecule has 0 fully saturated rings. The van der Waals surface area contributed by atoms with E-state index in [0.29, 0.717) is 55.5 Å². The van der Waals surface area contributed by atoms with Gasteiger partial charge in [-0.05, 0) is 131 Å². The second-order valence-corrected chi connectivity index (χ2v) is 15.9. The Balaban J connectivity index is 0.000000261. The lowest BCUT2D eigenvalue weighted by atomic mass is 10.0. The maximum absolute atomic E-state index is 13.0. The number of alkyl halides is 12. The first-order chi connectivity index (χ1) is 32.6. The van der Waals surface area contributed by atoms with Gasteiger partial charge in [0, 0.05) is 33.3 Å². The lowest BCUT2D eigenvalue weighted by Crippen LogP contribution is -2.30. The number of carbonyl (C=O) groups is 4. The quantitative estimate of drug-likeness (QED) is 0.0623. The van der Waals surface area contributed by atoms with Gasteiger partial charge < -0.3 is 24.6 Å². The van der Waals surface area contributed by atoms with E-state index in [1.54, 1.807) is 18.2 Å². The van der Waals surface area contributed by atoms with Crippen molar-refractivity contribution in [3.05, 3.63) is 152 Å². The van der Waals surface area contributed by atoms with Crippen LogP contribution in [0.4, 0.5) is 62.3 Å². The van der Waals surface area contributed by atoms with E-state index in [4.69, 9.17) is 14.7 Å². The molecule has 2 aliphatic rings. The Morgan fingerprint density at radius 1 is 0.571 bits per heavy atom. The first-order valence-corrected chi connectivity index (χ1v) is 20.7. The Hall–Kier alpha value is -7.04. The van der Waals surface area contributed by atoms with Crippen LogP contribution in [0.3, 0.4) is 0 Å². The van der Waals surface area contributed by atoms with Gasteiger partial charge in [0.05, 0.1) is 34.3 Å². The van der Waals surface area contributed by atoms with Crippen molar-refractivity contribution < 1.29 is 86.5 Å². The number of aryl methyl sites for hydroxylation is 2. The first kappa shape index (κ1) is 53.9. The van der Waals surface area contributed by atoms with Gasteiger partial charge >= 0.3 is 36.9 Å². The summed E-state index contributed by atoms with van der Waals surface area (Å²) in [6.45, 7) is -1.54. The zero-order valence-corrected chi connectivity index (χ0v) is 37.0. The van der Waals surface area contributed by atoms with Gasteiger partial charge in [0.15, 0.2) is 0 Å². The summed E-state index contributed by atoms with van der Waals surface area (Å²) in [6, 6.07) is 12.0. The third kappa shape index (κ3) is 14.0. The number of fused-ring (bicyclic) bond motifs is 2. The molecule has 0 saturated carbocycles. The second-order valence-electron chi connectivity index (χ2n) is 15.9. The van der Waals surface area contributed by atoms with Gasteiger partial charge in [-0.3, -0.25) is 14.8 Å². The molecular weight excluding hydrogens is 961 g/mol. The van der Waals surface area contributed by atoms with Gasteiger partial charge in [-0.15, -0.1) is 0 Å². The fraction of sp³-hybridized carbons (Fsp3) is 0.319. The van der Waals surface area contributed by atoms with Crippen molar-refractivity contribution in [3.63, 3.8) is 0 Å². The number of hydroxylamine groups is 1. The van der Waals surface area contributed by atoms with E-state index < -0.39 is 101 Å². The molecule has 0 saturated heterocycles. The summed E-state index contributed by atoms with van der Waals surface area (Å²) in [5.74, 6) is -1.02. The smallest absolute Gasteiger partial charge is 0.416 e. The highest BCUT2D eigenvalue weighted by Crippen LogP contribution is 2.40. The number of rotatable bonds is 10. The normalized spacial score (nSPS) is 15.7. The summed E-state index contributed by atoms with van der Waals surface area (Å²) in [4.78, 5) is 50.3. The second kappa shape index (κ2) is 21.7. The van der Waals surface area contributed by atoms with Crippen LogP contribution in [-0.2, 0) is 69.8 Å². The van der Waals surface area contributed by atoms with Crippen molar-refractivity contribution in [1.29, 1.82) is 0 Å². The minimum absolute atomic E-state index is 0.00310. The molecule has 0 bridgehead atoms. The molecule has 0 aliphatic heterocycles. The van der Waals surface area contributed by atoms with Gasteiger partial charge in [-0.25, -0.2) is 15.1 Å². The summed E-state index contributed by atoms with van der Waals surface area (Å²) >= 11 is 0. The molecule has 2 atom stereocenters. The fourth-order valence-electron chi connectivity index (χ4n) is 7.63. The summed E-state index contributed by atoms with van der Waals surface area (Å²) in [6.07, 6.45) is -13.9. The minimum Gasteiger partial charge on any atom is -0.445 e. The van der Waals surface area contributed by atoms with Crippen LogP contribution in [0, 0.1) is 0 Å². The average molecular weight is 1000 g/mol. The van der Waals surface area contributed by atoms with Crippen molar-refractivity contribution in [2.75, 3.05) is 21.1 Å². The van der Waals surface area contributed by atoms with Crippen molar-refractivity contribution in [2.24, 2.45) is 0 Å². The van der Waals surface area contributed by atoms with Gasteiger partial charge in [0.25, 0.3) is 5.91 Å². The molecule has 6 rings (SSSR count). The summed E-state index contributed by atoms with van der Waals surface area (Å²) in [5.41, 5.74) is -0.516. The van der Waals surface area contributed by atoms with E-state index in [0.717, 1.165) is 33.9 Å². The van der Waals surface area contributed by atoms with Gasteiger partial charge in [0.1, 0.15) is 13.2 Å². The highest BCUT2D eigenvalue weighted by molar-refractivity contribution is 5.91. The molecule has 2 aliphatic carbocycles. The van der Waals surface area contributed by atoms with E-state index in [2.05, 4.69) is 5.32 Å². The lowest BCUT2D eigenvalue weighted by Gasteiger charge is -2.25. The van der Waals surface area contributed by atoms with Crippen molar-refractivity contribution >= 4 is 36.2 Å². The summed E-state index contributed by atoms with van der Waals surface area (Å²) < 4.78 is 167. The number of nitrogens with one attached hydrogen (secondary N) is 2. The van der Waals surface area contributed by atoms with Crippen LogP contribution >= 0.6 is 0 Å². The molecule has 11 nitrogen and oxygen atoms in total. The van der Waals surface area contributed by atoms with Crippen molar-refractivity contribution in [3.8, 4) is 0 Å². The number of benzene rings is 4. The molecule has 4 aromatic rings. The Labute approximate surface area is 391 Å². The zero-order valence-electron chi connectivity index (χ0n) is 37.0. The van der Waals surface area contributed by atoms with Crippen molar-refractivity contribution in [1.82, 2.24) is 20.6 Å². The maximum atomic E-state index is 13.0. The Bertz CT molecular complexity index is 2400. The SMILES string of the molecule is CN(C(=O)OCc1cc(C(F)(F)F)cc(C(F)(F)F)c1)C1CCc2ccc(/C=C/C(=O)NO)cc21.CNC(=O)/C=C/c1ccc2c(c1)C(N(C)C(=O)OCc1cc(C(F)(F)F)cc(C(F)(F)F)c1)CC2. The Kier molecular flexibility index (Phi) is 16.7. The highest BCUT2D eigenvalue weighted by Gasteiger charge is 2.39. The molecule has 376 valence electrons. The topological polar surface area (TPSA) is 138 Å². The number of hydrogen-bond donors (Lipinski definition) is 3. The van der Waals surface area contributed by atoms with E-state index in [-0.39, 0.29) is 18.0 Å². The third-order valence-corrected chi connectivity index (χ3v) is 11.2. The standard InChI is InChI=1S/C24H22F6N2O3.C23H20F6N2O4/c1-31-21(33)8-4-14-3-5-16-6-7-20(19(16)11-14)32(2)22(34)35-13-15-9-17(23(25,26)27)12-18(10-15)24(28,29)30;1-31(19-6-5-15-4-2-13(10-18(15)19)3-7-20(32)30-34)21(33)35-12-14-8-16(22(24,25)26)11-17(9-14)23(27,28)29/h3-5,8-12,20H,6-7,13H2,1-2H3,(H,31,33);2-4,7-11,19,34H,5-6,12H2,1H3,(H,30,32)/b8-4+;7-3+. The van der Waals surface area contributed by atoms with Crippen LogP contribution in [0.2, 0.25) is 0 Å². The number of carbonyl (C=O) groups excluding carboxylic acids is 4. The van der Waals surface area contributed by atoms with Crippen LogP contribution in [0.25, 0.3) is 12.2 Å². The third-order valence-electron chi connectivity index (χ3n) is 11.2. The van der Waals surface area contributed by atoms with Gasteiger partial charge in [-0.2, -0.15) is 52.7 Å². The number of halogens is 12. The molecular formula is C47H42F12N4O7. The van der Waals surface area contributed by atoms with Gasteiger partial charge in [0.2, 0.25) is 5.91 Å². The summed E-state index contributed by atoms with van der Waals surface area (Å²) in [5, 5.41) is 11.0. The maximum Gasteiger partial charge on any atom is 0.416 e. The predicted molar refractivity (Wildman–Crippen MR) is 226 cm³/mol. The molecule has 0 heterocycles. The minimum atomic E-state index is -5.01. The molecule has 3 N–H and O–H groups in total. The van der Waals surface area contributed by atoms with E-state index in [9.17, 15) is 71.9 Å². The molecule has 4 amide bonds. The molecule has 2 unspecified atom stereocenters. The van der Waals surface area contributed by atoms with E-state index in [1.165, 1.54) is 48.6 Å². The Morgan fingerprint density at radius 2 is 0.914 bits per heavy atom. The fourth-order valence-corrected chi connectivity index (χ4v) is 7.63. The molecule has 0 radical (unpaired) electrons. The van der Waals surface area contributed by atoms with Crippen LogP contribution in [0.15, 0.2) is 84.9 Å².